The zero-order chi connectivity index (χ0) is 20.5. The van der Waals surface area contributed by atoms with Gasteiger partial charge in [0, 0.05) is 30.2 Å². The summed E-state index contributed by atoms with van der Waals surface area (Å²) in [6.45, 7) is 7.74. The van der Waals surface area contributed by atoms with Crippen LogP contribution in [0, 0.1) is 11.3 Å². The number of primary amides is 1. The Morgan fingerprint density at radius 3 is 2.64 bits per heavy atom. The Labute approximate surface area is 169 Å². The SMILES string of the molecule is CC(C)(C)[C@H](NC(=O)c1nn(CC2CCOCC2)c2ccc(Cl)cc12)C(N)=O. The molecule has 2 aromatic rings. The van der Waals surface area contributed by atoms with Gasteiger partial charge in [-0.3, -0.25) is 14.3 Å². The van der Waals surface area contributed by atoms with Crippen LogP contribution in [0.15, 0.2) is 18.2 Å². The summed E-state index contributed by atoms with van der Waals surface area (Å²) in [5.41, 5.74) is 6.08. The van der Waals surface area contributed by atoms with Crippen LogP contribution in [-0.4, -0.2) is 40.9 Å². The van der Waals surface area contributed by atoms with Crippen molar-refractivity contribution < 1.29 is 14.3 Å². The van der Waals surface area contributed by atoms with Gasteiger partial charge in [-0.1, -0.05) is 32.4 Å². The van der Waals surface area contributed by atoms with Gasteiger partial charge >= 0.3 is 0 Å². The number of fused-ring (bicyclic) bond motifs is 1. The number of benzene rings is 1. The first kappa shape index (κ1) is 20.6. The van der Waals surface area contributed by atoms with Crippen molar-refractivity contribution in [3.63, 3.8) is 0 Å². The van der Waals surface area contributed by atoms with E-state index in [1.165, 1.54) is 0 Å². The molecule has 28 heavy (non-hydrogen) atoms. The molecule has 1 fully saturated rings. The summed E-state index contributed by atoms with van der Waals surface area (Å²) in [6, 6.07) is 4.58. The number of hydrogen-bond acceptors (Lipinski definition) is 4. The molecular weight excluding hydrogens is 380 g/mol. The van der Waals surface area contributed by atoms with Crippen LogP contribution >= 0.6 is 11.6 Å². The number of carbonyl (C=O) groups excluding carboxylic acids is 2. The molecule has 8 heteroatoms. The molecule has 1 aromatic heterocycles. The van der Waals surface area contributed by atoms with Gasteiger partial charge in [0.2, 0.25) is 5.91 Å². The number of rotatable bonds is 5. The standard InChI is InChI=1S/C20H27ClN4O3/c1-20(2,3)17(18(22)26)23-19(27)16-14-10-13(21)4-5-15(14)25(24-16)11-12-6-8-28-9-7-12/h4-5,10,12,17H,6-9,11H2,1-3H3,(H2,22,26)(H,23,27)/t17-/m1/s1. The minimum atomic E-state index is -0.810. The number of nitrogens with two attached hydrogens (primary N) is 1. The van der Waals surface area contributed by atoms with Crippen molar-refractivity contribution >= 4 is 34.3 Å². The van der Waals surface area contributed by atoms with E-state index in [1.807, 2.05) is 31.5 Å². The molecule has 0 saturated carbocycles. The Morgan fingerprint density at radius 1 is 1.36 bits per heavy atom. The van der Waals surface area contributed by atoms with E-state index in [4.69, 9.17) is 22.1 Å². The topological polar surface area (TPSA) is 99.2 Å². The molecule has 0 bridgehead atoms. The normalized spacial score (nSPS) is 16.9. The molecule has 1 aliphatic rings. The van der Waals surface area contributed by atoms with Gasteiger partial charge in [0.15, 0.2) is 5.69 Å². The fraction of sp³-hybridized carbons (Fsp3) is 0.550. The fourth-order valence-electron chi connectivity index (χ4n) is 3.55. The van der Waals surface area contributed by atoms with Crippen molar-refractivity contribution in [1.29, 1.82) is 0 Å². The lowest BCUT2D eigenvalue weighted by Gasteiger charge is -2.28. The smallest absolute Gasteiger partial charge is 0.273 e. The highest BCUT2D eigenvalue weighted by Crippen LogP contribution is 2.26. The number of carbonyl (C=O) groups is 2. The second kappa shape index (κ2) is 8.09. The van der Waals surface area contributed by atoms with Crippen LogP contribution in [0.25, 0.3) is 10.9 Å². The number of aromatic nitrogens is 2. The van der Waals surface area contributed by atoms with Crippen LogP contribution in [-0.2, 0) is 16.1 Å². The highest BCUT2D eigenvalue weighted by atomic mass is 35.5. The van der Waals surface area contributed by atoms with Crippen LogP contribution in [0.4, 0.5) is 0 Å². The highest BCUT2D eigenvalue weighted by molar-refractivity contribution is 6.31. The summed E-state index contributed by atoms with van der Waals surface area (Å²) in [5.74, 6) is -0.571. The Hall–Kier alpha value is -2.12. The Kier molecular flexibility index (Phi) is 5.95. The number of nitrogens with zero attached hydrogens (tertiary/aromatic N) is 2. The van der Waals surface area contributed by atoms with Gasteiger partial charge in [-0.15, -0.1) is 0 Å². The van der Waals surface area contributed by atoms with Crippen molar-refractivity contribution in [2.24, 2.45) is 17.1 Å². The van der Waals surface area contributed by atoms with Crippen molar-refractivity contribution in [1.82, 2.24) is 15.1 Å². The molecule has 1 saturated heterocycles. The molecule has 0 unspecified atom stereocenters. The third kappa shape index (κ3) is 4.47. The molecule has 0 spiro atoms. The predicted octanol–water partition coefficient (Wildman–Crippen LogP) is 2.75. The molecule has 0 aliphatic carbocycles. The van der Waals surface area contributed by atoms with E-state index in [2.05, 4.69) is 10.4 Å². The quantitative estimate of drug-likeness (QED) is 0.797. The monoisotopic (exact) mass is 406 g/mol. The molecule has 0 radical (unpaired) electrons. The summed E-state index contributed by atoms with van der Waals surface area (Å²) >= 11 is 6.17. The number of halogens is 1. The van der Waals surface area contributed by atoms with E-state index in [-0.39, 0.29) is 5.69 Å². The largest absolute Gasteiger partial charge is 0.381 e. The summed E-state index contributed by atoms with van der Waals surface area (Å²) in [5, 5.41) is 8.50. The summed E-state index contributed by atoms with van der Waals surface area (Å²) in [7, 11) is 0. The molecule has 7 nitrogen and oxygen atoms in total. The van der Waals surface area contributed by atoms with Gasteiger partial charge in [0.25, 0.3) is 5.91 Å². The van der Waals surface area contributed by atoms with E-state index in [1.54, 1.807) is 12.1 Å². The zero-order valence-corrected chi connectivity index (χ0v) is 17.3. The minimum absolute atomic E-state index is 0.250. The van der Waals surface area contributed by atoms with E-state index >= 15 is 0 Å². The van der Waals surface area contributed by atoms with Crippen molar-refractivity contribution in [2.45, 2.75) is 46.2 Å². The van der Waals surface area contributed by atoms with E-state index in [0.717, 1.165) is 31.6 Å². The average molecular weight is 407 g/mol. The fourth-order valence-corrected chi connectivity index (χ4v) is 3.72. The summed E-state index contributed by atoms with van der Waals surface area (Å²) in [6.07, 6.45) is 1.93. The molecule has 1 aliphatic heterocycles. The van der Waals surface area contributed by atoms with Gasteiger partial charge < -0.3 is 15.8 Å². The minimum Gasteiger partial charge on any atom is -0.381 e. The number of hydrogen-bond donors (Lipinski definition) is 2. The first-order valence-corrected chi connectivity index (χ1v) is 9.88. The van der Waals surface area contributed by atoms with Crippen molar-refractivity contribution in [3.8, 4) is 0 Å². The molecule has 152 valence electrons. The van der Waals surface area contributed by atoms with Gasteiger partial charge in [-0.05, 0) is 42.4 Å². The lowest BCUT2D eigenvalue weighted by molar-refractivity contribution is -0.122. The van der Waals surface area contributed by atoms with E-state index in [9.17, 15) is 9.59 Å². The molecule has 1 aromatic carbocycles. The van der Waals surface area contributed by atoms with Crippen LogP contribution in [0.3, 0.4) is 0 Å². The lowest BCUT2D eigenvalue weighted by atomic mass is 9.86. The number of nitrogens with one attached hydrogen (secondary N) is 1. The third-order valence-electron chi connectivity index (χ3n) is 5.13. The molecular formula is C20H27ClN4O3. The molecule has 1 atom stereocenters. The molecule has 3 rings (SSSR count). The highest BCUT2D eigenvalue weighted by Gasteiger charge is 2.32. The van der Waals surface area contributed by atoms with Crippen LogP contribution < -0.4 is 11.1 Å². The Balaban J connectivity index is 1.94. The summed E-state index contributed by atoms with van der Waals surface area (Å²) < 4.78 is 7.28. The van der Waals surface area contributed by atoms with Crippen LogP contribution in [0.5, 0.6) is 0 Å². The zero-order valence-electron chi connectivity index (χ0n) is 16.5. The molecule has 3 N–H and O–H groups in total. The lowest BCUT2D eigenvalue weighted by Crippen LogP contribution is -2.52. The van der Waals surface area contributed by atoms with Gasteiger partial charge in [0.05, 0.1) is 5.52 Å². The summed E-state index contributed by atoms with van der Waals surface area (Å²) in [4.78, 5) is 24.8. The predicted molar refractivity (Wildman–Crippen MR) is 108 cm³/mol. The molecule has 2 heterocycles. The van der Waals surface area contributed by atoms with E-state index in [0.29, 0.717) is 22.9 Å². The van der Waals surface area contributed by atoms with Gasteiger partial charge in [-0.25, -0.2) is 0 Å². The first-order valence-electron chi connectivity index (χ1n) is 9.51. The maximum Gasteiger partial charge on any atom is 0.273 e. The van der Waals surface area contributed by atoms with Crippen LogP contribution in [0.1, 0.15) is 44.1 Å². The molecule has 2 amide bonds. The maximum absolute atomic E-state index is 13.0. The number of ether oxygens (including phenoxy) is 1. The Morgan fingerprint density at radius 2 is 2.04 bits per heavy atom. The van der Waals surface area contributed by atoms with Crippen molar-refractivity contribution in [2.75, 3.05) is 13.2 Å². The maximum atomic E-state index is 13.0. The third-order valence-corrected chi connectivity index (χ3v) is 5.36. The van der Waals surface area contributed by atoms with Crippen molar-refractivity contribution in [3.05, 3.63) is 28.9 Å². The van der Waals surface area contributed by atoms with E-state index < -0.39 is 23.3 Å². The van der Waals surface area contributed by atoms with Gasteiger partial charge in [0.1, 0.15) is 6.04 Å². The second-order valence-electron chi connectivity index (χ2n) is 8.42. The van der Waals surface area contributed by atoms with Crippen LogP contribution in [0.2, 0.25) is 5.02 Å². The number of amides is 2. The first-order chi connectivity index (χ1) is 13.2. The second-order valence-corrected chi connectivity index (χ2v) is 8.86. The Bertz CT molecular complexity index is 881. The van der Waals surface area contributed by atoms with Gasteiger partial charge in [-0.2, -0.15) is 5.10 Å². The average Bonchev–Trinajstić information content (AvgIpc) is 2.96.